The van der Waals surface area contributed by atoms with Crippen molar-refractivity contribution in [2.75, 3.05) is 25.1 Å². The first kappa shape index (κ1) is 24.8. The molecule has 1 aliphatic heterocycles. The monoisotopic (exact) mass is 598 g/mol. The van der Waals surface area contributed by atoms with Crippen molar-refractivity contribution in [1.29, 1.82) is 0 Å². The van der Waals surface area contributed by atoms with Gasteiger partial charge >= 0.3 is 11.9 Å². The highest BCUT2D eigenvalue weighted by Gasteiger charge is 2.66. The molecule has 3 aliphatic rings. The number of hydrogen-bond acceptors (Lipinski definition) is 7. The Morgan fingerprint density at radius 2 is 1.59 bits per heavy atom. The van der Waals surface area contributed by atoms with E-state index in [4.69, 9.17) is 9.47 Å². The molecule has 1 saturated heterocycles. The van der Waals surface area contributed by atoms with Crippen molar-refractivity contribution in [1.82, 2.24) is 4.90 Å². The van der Waals surface area contributed by atoms with Gasteiger partial charge in [-0.1, -0.05) is 31.9 Å². The fourth-order valence-electron chi connectivity index (χ4n) is 5.15. The number of carbonyl (C=O) groups is 5. The number of carbonyl (C=O) groups excluding carboxylic acids is 5. The summed E-state index contributed by atoms with van der Waals surface area (Å²) in [5.41, 5.74) is 0.784. The number of fused-ring (bicyclic) bond motifs is 5. The first-order chi connectivity index (χ1) is 16.2. The van der Waals surface area contributed by atoms with Crippen molar-refractivity contribution >= 4 is 67.2 Å². The van der Waals surface area contributed by atoms with Crippen molar-refractivity contribution < 1.29 is 33.4 Å². The lowest BCUT2D eigenvalue weighted by molar-refractivity contribution is -0.149. The van der Waals surface area contributed by atoms with Crippen molar-refractivity contribution in [2.45, 2.75) is 29.4 Å². The van der Waals surface area contributed by atoms with Crippen LogP contribution >= 0.6 is 31.9 Å². The number of esters is 2. The van der Waals surface area contributed by atoms with E-state index in [9.17, 15) is 24.0 Å². The Hall–Kier alpha value is -2.27. The van der Waals surface area contributed by atoms with Crippen LogP contribution in [0.15, 0.2) is 24.3 Å². The van der Waals surface area contributed by atoms with E-state index in [0.717, 1.165) is 6.42 Å². The molecular weight excluding hydrogens is 576 g/mol. The molecule has 3 amide bonds. The number of amides is 3. The molecule has 1 heterocycles. The van der Waals surface area contributed by atoms with E-state index in [0.29, 0.717) is 11.3 Å². The lowest BCUT2D eigenvalue weighted by Crippen LogP contribution is -2.37. The second kappa shape index (κ2) is 10.2. The topological polar surface area (TPSA) is 119 Å². The minimum Gasteiger partial charge on any atom is -0.462 e. The molecule has 2 bridgehead atoms. The van der Waals surface area contributed by atoms with Gasteiger partial charge in [0.1, 0.15) is 0 Å². The Morgan fingerprint density at radius 1 is 1.00 bits per heavy atom. The van der Waals surface area contributed by atoms with Crippen LogP contribution < -0.4 is 5.32 Å². The molecule has 2 saturated carbocycles. The van der Waals surface area contributed by atoms with E-state index in [1.54, 1.807) is 6.92 Å². The number of alkyl halides is 2. The van der Waals surface area contributed by atoms with Gasteiger partial charge in [-0.15, -0.1) is 0 Å². The summed E-state index contributed by atoms with van der Waals surface area (Å²) in [6.07, 6.45) is 0.665. The van der Waals surface area contributed by atoms with Crippen LogP contribution in [0.3, 0.4) is 0 Å². The summed E-state index contributed by atoms with van der Waals surface area (Å²) in [5.74, 6) is -2.55. The smallest absolute Gasteiger partial charge is 0.338 e. The number of rotatable bonds is 8. The predicted octanol–water partition coefficient (Wildman–Crippen LogP) is 2.51. The van der Waals surface area contributed by atoms with E-state index >= 15 is 0 Å². The fraction of sp³-hybridized carbons (Fsp3) is 0.522. The van der Waals surface area contributed by atoms with Crippen LogP contribution in [0, 0.1) is 23.7 Å². The van der Waals surface area contributed by atoms with Gasteiger partial charge in [0.25, 0.3) is 5.91 Å². The van der Waals surface area contributed by atoms with Crippen LogP contribution in [0.4, 0.5) is 5.69 Å². The maximum Gasteiger partial charge on any atom is 0.338 e. The summed E-state index contributed by atoms with van der Waals surface area (Å²) >= 11 is 7.28. The summed E-state index contributed by atoms with van der Waals surface area (Å²) in [7, 11) is 0. The van der Waals surface area contributed by atoms with Crippen molar-refractivity contribution in [3.8, 4) is 0 Å². The van der Waals surface area contributed by atoms with Crippen molar-refractivity contribution in [3.63, 3.8) is 0 Å². The van der Waals surface area contributed by atoms with E-state index in [1.165, 1.54) is 29.2 Å². The average molecular weight is 600 g/mol. The lowest BCUT2D eigenvalue weighted by atomic mass is 9.81. The first-order valence-electron chi connectivity index (χ1n) is 11.1. The Balaban J connectivity index is 1.22. The van der Waals surface area contributed by atoms with E-state index in [-0.39, 0.29) is 64.7 Å². The van der Waals surface area contributed by atoms with Gasteiger partial charge < -0.3 is 14.8 Å². The largest absolute Gasteiger partial charge is 0.462 e. The molecule has 1 N–H and O–H groups in total. The van der Waals surface area contributed by atoms with Gasteiger partial charge in [-0.2, -0.15) is 0 Å². The van der Waals surface area contributed by atoms with Gasteiger partial charge in [-0.3, -0.25) is 24.1 Å². The van der Waals surface area contributed by atoms with E-state index in [2.05, 4.69) is 37.2 Å². The SMILES string of the molecule is CCOC(=O)c1ccc(NC(=O)COC(=O)CCN2C(=O)[C@@H]3[C@H]4C[C@@H]([C@H](Br)[C@@H]4Br)[C@@H]3C2=O)cc1. The second-order valence-electron chi connectivity index (χ2n) is 8.59. The normalized spacial score (nSPS) is 29.2. The number of benzene rings is 1. The molecule has 3 fully saturated rings. The zero-order valence-corrected chi connectivity index (χ0v) is 21.5. The quantitative estimate of drug-likeness (QED) is 0.277. The van der Waals surface area contributed by atoms with Crippen LogP contribution in [0.1, 0.15) is 30.1 Å². The summed E-state index contributed by atoms with van der Waals surface area (Å²) in [4.78, 5) is 63.0. The molecule has 2 aliphatic carbocycles. The van der Waals surface area contributed by atoms with Crippen LogP contribution in [0.5, 0.6) is 0 Å². The summed E-state index contributed by atoms with van der Waals surface area (Å²) < 4.78 is 9.89. The highest BCUT2D eigenvalue weighted by molar-refractivity contribution is 9.12. The molecule has 0 radical (unpaired) electrons. The standard InChI is InChI=1S/C23H24Br2N2O7/c1-2-33-23(32)11-3-5-12(6-4-11)26-15(28)10-34-16(29)7-8-27-21(30)17-13-9-14(18(17)22(27)31)20(25)19(13)24/h3-6,13-14,17-20H,2,7-10H2,1H3,(H,26,28)/t13-,14-,17-,18+,19-,20+/m1/s1. The lowest BCUT2D eigenvalue weighted by Gasteiger charge is -2.28. The third kappa shape index (κ3) is 4.64. The van der Waals surface area contributed by atoms with E-state index < -0.39 is 24.5 Å². The van der Waals surface area contributed by atoms with Gasteiger partial charge in [0.05, 0.1) is 30.4 Å². The molecule has 1 aromatic carbocycles. The van der Waals surface area contributed by atoms with Crippen molar-refractivity contribution in [3.05, 3.63) is 29.8 Å². The summed E-state index contributed by atoms with van der Waals surface area (Å²) in [5, 5.41) is 2.56. The number of imide groups is 1. The number of anilines is 1. The molecule has 11 heteroatoms. The summed E-state index contributed by atoms with van der Waals surface area (Å²) in [6, 6.07) is 6.10. The van der Waals surface area contributed by atoms with Crippen LogP contribution in [-0.4, -0.2) is 64.0 Å². The Morgan fingerprint density at radius 3 is 2.15 bits per heavy atom. The van der Waals surface area contributed by atoms with Crippen LogP contribution in [0.2, 0.25) is 0 Å². The molecule has 34 heavy (non-hydrogen) atoms. The van der Waals surface area contributed by atoms with Crippen LogP contribution in [-0.2, 0) is 28.7 Å². The number of nitrogens with one attached hydrogen (secondary N) is 1. The van der Waals surface area contributed by atoms with Crippen LogP contribution in [0.25, 0.3) is 0 Å². The zero-order chi connectivity index (χ0) is 24.6. The number of halogens is 2. The molecular formula is C23H24Br2N2O7. The van der Waals surface area contributed by atoms with Gasteiger partial charge in [0, 0.05) is 21.9 Å². The molecule has 4 rings (SSSR count). The van der Waals surface area contributed by atoms with E-state index in [1.807, 2.05) is 0 Å². The maximum absolute atomic E-state index is 12.8. The Labute approximate surface area is 213 Å². The molecule has 6 atom stereocenters. The van der Waals surface area contributed by atoms with Gasteiger partial charge in [-0.25, -0.2) is 4.79 Å². The predicted molar refractivity (Wildman–Crippen MR) is 127 cm³/mol. The second-order valence-corrected chi connectivity index (χ2v) is 10.7. The molecule has 9 nitrogen and oxygen atoms in total. The Bertz CT molecular complexity index is 983. The zero-order valence-electron chi connectivity index (χ0n) is 18.4. The number of ether oxygens (including phenoxy) is 2. The molecule has 0 unspecified atom stereocenters. The van der Waals surface area contributed by atoms with Gasteiger partial charge in [0.15, 0.2) is 6.61 Å². The minimum absolute atomic E-state index is 0.0558. The third-order valence-corrected chi connectivity index (χ3v) is 9.87. The number of nitrogens with zero attached hydrogens (tertiary/aromatic N) is 1. The minimum atomic E-state index is -0.676. The van der Waals surface area contributed by atoms with Gasteiger partial charge in [-0.05, 0) is 49.4 Å². The molecule has 182 valence electrons. The molecule has 1 aromatic rings. The summed E-state index contributed by atoms with van der Waals surface area (Å²) in [6.45, 7) is 1.41. The van der Waals surface area contributed by atoms with Gasteiger partial charge in [0.2, 0.25) is 11.8 Å². The Kier molecular flexibility index (Phi) is 7.42. The number of hydrogen-bond donors (Lipinski definition) is 1. The number of likely N-dealkylation sites (tertiary alicyclic amines) is 1. The van der Waals surface area contributed by atoms with Crippen molar-refractivity contribution in [2.24, 2.45) is 23.7 Å². The highest BCUT2D eigenvalue weighted by Crippen LogP contribution is 2.60. The first-order valence-corrected chi connectivity index (χ1v) is 12.9. The molecule has 0 spiro atoms. The maximum atomic E-state index is 12.8. The third-order valence-electron chi connectivity index (χ3n) is 6.66. The fourth-order valence-corrected chi connectivity index (χ4v) is 7.03. The molecule has 0 aromatic heterocycles. The average Bonchev–Trinajstić information content (AvgIpc) is 3.42. The highest BCUT2D eigenvalue weighted by atomic mass is 79.9.